The molecule has 3 N–H and O–H groups in total. The molecule has 3 rings (SSSR count). The van der Waals surface area contributed by atoms with Crippen molar-refractivity contribution in [2.24, 2.45) is 0 Å². The maximum absolute atomic E-state index is 13.0. The SMILES string of the molecule is COc1ccc(Oc2ncnc(Nc3ccc(F)cc3)c2N)cc1. The highest BCUT2D eigenvalue weighted by atomic mass is 19.1. The Balaban J connectivity index is 1.80. The third-order valence-electron chi connectivity index (χ3n) is 3.23. The van der Waals surface area contributed by atoms with Crippen LogP contribution in [-0.4, -0.2) is 17.1 Å². The van der Waals surface area contributed by atoms with Crippen LogP contribution in [-0.2, 0) is 0 Å². The molecule has 24 heavy (non-hydrogen) atoms. The number of aromatic nitrogens is 2. The lowest BCUT2D eigenvalue weighted by molar-refractivity contribution is 0.412. The highest BCUT2D eigenvalue weighted by Gasteiger charge is 2.11. The summed E-state index contributed by atoms with van der Waals surface area (Å²) in [7, 11) is 1.59. The lowest BCUT2D eigenvalue weighted by atomic mass is 10.3. The summed E-state index contributed by atoms with van der Waals surface area (Å²) < 4.78 is 23.7. The maximum atomic E-state index is 13.0. The Morgan fingerprint density at radius 2 is 1.62 bits per heavy atom. The van der Waals surface area contributed by atoms with Crippen LogP contribution in [0.2, 0.25) is 0 Å². The van der Waals surface area contributed by atoms with E-state index in [1.807, 2.05) is 0 Å². The first kappa shape index (κ1) is 15.5. The van der Waals surface area contributed by atoms with Crippen LogP contribution in [0.3, 0.4) is 0 Å². The Morgan fingerprint density at radius 3 is 2.29 bits per heavy atom. The molecule has 0 radical (unpaired) electrons. The second-order valence-electron chi connectivity index (χ2n) is 4.85. The summed E-state index contributed by atoms with van der Waals surface area (Å²) in [5, 5.41) is 3.00. The van der Waals surface area contributed by atoms with Crippen molar-refractivity contribution in [2.75, 3.05) is 18.2 Å². The molecule has 0 bridgehead atoms. The van der Waals surface area contributed by atoms with Gasteiger partial charge in [-0.25, -0.2) is 9.37 Å². The zero-order valence-electron chi connectivity index (χ0n) is 12.9. The average molecular weight is 326 g/mol. The Kier molecular flexibility index (Phi) is 4.42. The van der Waals surface area contributed by atoms with Crippen molar-refractivity contribution in [3.8, 4) is 17.4 Å². The summed E-state index contributed by atoms with van der Waals surface area (Å²) in [5.41, 5.74) is 6.95. The normalized spacial score (nSPS) is 10.2. The molecule has 0 saturated heterocycles. The van der Waals surface area contributed by atoms with Crippen molar-refractivity contribution in [1.29, 1.82) is 0 Å². The van der Waals surface area contributed by atoms with Gasteiger partial charge in [0, 0.05) is 5.69 Å². The molecule has 1 aromatic heterocycles. The monoisotopic (exact) mass is 326 g/mol. The Bertz CT molecular complexity index is 823. The van der Waals surface area contributed by atoms with Crippen molar-refractivity contribution < 1.29 is 13.9 Å². The minimum Gasteiger partial charge on any atom is -0.497 e. The van der Waals surface area contributed by atoms with Crippen molar-refractivity contribution in [2.45, 2.75) is 0 Å². The number of nitrogen functional groups attached to an aromatic ring is 1. The topological polar surface area (TPSA) is 82.3 Å². The second kappa shape index (κ2) is 6.82. The number of methoxy groups -OCH3 is 1. The van der Waals surface area contributed by atoms with Crippen LogP contribution in [0.1, 0.15) is 0 Å². The molecule has 6 nitrogen and oxygen atoms in total. The van der Waals surface area contributed by atoms with E-state index in [2.05, 4.69) is 15.3 Å². The van der Waals surface area contributed by atoms with Gasteiger partial charge in [0.15, 0.2) is 5.82 Å². The number of halogens is 1. The molecule has 0 aliphatic heterocycles. The molecular formula is C17H15FN4O2. The minimum absolute atomic E-state index is 0.222. The maximum Gasteiger partial charge on any atom is 0.248 e. The fourth-order valence-electron chi connectivity index (χ4n) is 1.99. The molecule has 2 aromatic carbocycles. The molecule has 7 heteroatoms. The average Bonchev–Trinajstić information content (AvgIpc) is 2.61. The zero-order chi connectivity index (χ0) is 16.9. The van der Waals surface area contributed by atoms with Gasteiger partial charge < -0.3 is 20.5 Å². The standard InChI is InChI=1S/C17H15FN4O2/c1-23-13-6-8-14(9-7-13)24-17-15(19)16(20-10-21-17)22-12-4-2-11(18)3-5-12/h2-10H,19H2,1H3,(H,20,21,22). The van der Waals surface area contributed by atoms with E-state index in [1.54, 1.807) is 43.5 Å². The zero-order valence-corrected chi connectivity index (χ0v) is 12.9. The number of nitrogens with two attached hydrogens (primary N) is 1. The largest absolute Gasteiger partial charge is 0.497 e. The molecule has 1 heterocycles. The van der Waals surface area contributed by atoms with Crippen LogP contribution in [0.25, 0.3) is 0 Å². The molecule has 0 fully saturated rings. The number of hydrogen-bond donors (Lipinski definition) is 2. The number of anilines is 3. The molecule has 0 aliphatic carbocycles. The fraction of sp³-hybridized carbons (Fsp3) is 0.0588. The van der Waals surface area contributed by atoms with Crippen molar-refractivity contribution in [3.63, 3.8) is 0 Å². The Labute approximate surface area is 138 Å². The highest BCUT2D eigenvalue weighted by Crippen LogP contribution is 2.31. The lowest BCUT2D eigenvalue weighted by Crippen LogP contribution is -2.03. The van der Waals surface area contributed by atoms with Crippen molar-refractivity contribution >= 4 is 17.2 Å². The van der Waals surface area contributed by atoms with Gasteiger partial charge in [0.25, 0.3) is 0 Å². The summed E-state index contributed by atoms with van der Waals surface area (Å²) >= 11 is 0. The van der Waals surface area contributed by atoms with Gasteiger partial charge in [-0.3, -0.25) is 0 Å². The van der Waals surface area contributed by atoms with E-state index in [0.717, 1.165) is 5.75 Å². The molecule has 0 amide bonds. The molecule has 0 spiro atoms. The van der Waals surface area contributed by atoms with Gasteiger partial charge in [0.05, 0.1) is 7.11 Å². The van der Waals surface area contributed by atoms with Gasteiger partial charge in [-0.15, -0.1) is 0 Å². The van der Waals surface area contributed by atoms with Crippen LogP contribution >= 0.6 is 0 Å². The number of hydrogen-bond acceptors (Lipinski definition) is 6. The van der Waals surface area contributed by atoms with E-state index >= 15 is 0 Å². The summed E-state index contributed by atoms with van der Waals surface area (Å²) in [5.74, 6) is 1.56. The smallest absolute Gasteiger partial charge is 0.248 e. The molecule has 0 unspecified atom stereocenters. The number of nitrogens with one attached hydrogen (secondary N) is 1. The van der Waals surface area contributed by atoms with Crippen LogP contribution in [0, 0.1) is 5.82 Å². The summed E-state index contributed by atoms with van der Waals surface area (Å²) in [6, 6.07) is 12.9. The summed E-state index contributed by atoms with van der Waals surface area (Å²) in [4.78, 5) is 8.13. The number of ether oxygens (including phenoxy) is 2. The van der Waals surface area contributed by atoms with E-state index in [1.165, 1.54) is 18.5 Å². The first-order valence-corrected chi connectivity index (χ1v) is 7.10. The van der Waals surface area contributed by atoms with Gasteiger partial charge in [0.1, 0.15) is 29.3 Å². The van der Waals surface area contributed by atoms with Crippen LogP contribution in [0.15, 0.2) is 54.9 Å². The van der Waals surface area contributed by atoms with E-state index in [4.69, 9.17) is 15.2 Å². The molecule has 122 valence electrons. The van der Waals surface area contributed by atoms with Crippen LogP contribution in [0.5, 0.6) is 17.4 Å². The second-order valence-corrected chi connectivity index (χ2v) is 4.85. The third kappa shape index (κ3) is 3.52. The number of benzene rings is 2. The van der Waals surface area contributed by atoms with Gasteiger partial charge in [0.2, 0.25) is 5.88 Å². The predicted molar refractivity (Wildman–Crippen MR) is 89.2 cm³/mol. The number of rotatable bonds is 5. The van der Waals surface area contributed by atoms with E-state index in [-0.39, 0.29) is 17.4 Å². The van der Waals surface area contributed by atoms with Gasteiger partial charge in [-0.1, -0.05) is 0 Å². The minimum atomic E-state index is -0.320. The van der Waals surface area contributed by atoms with Gasteiger partial charge in [-0.2, -0.15) is 4.98 Å². The highest BCUT2D eigenvalue weighted by molar-refractivity contribution is 5.72. The first-order valence-electron chi connectivity index (χ1n) is 7.10. The number of nitrogens with zero attached hydrogens (tertiary/aromatic N) is 2. The van der Waals surface area contributed by atoms with E-state index in [9.17, 15) is 4.39 Å². The summed E-state index contributed by atoms with van der Waals surface area (Å²) in [6.07, 6.45) is 1.33. The van der Waals surface area contributed by atoms with Gasteiger partial charge >= 0.3 is 0 Å². The van der Waals surface area contributed by atoms with Crippen LogP contribution in [0.4, 0.5) is 21.6 Å². The first-order chi connectivity index (χ1) is 11.7. The third-order valence-corrected chi connectivity index (χ3v) is 3.23. The van der Waals surface area contributed by atoms with Crippen molar-refractivity contribution in [3.05, 3.63) is 60.7 Å². The molecule has 0 saturated carbocycles. The van der Waals surface area contributed by atoms with E-state index in [0.29, 0.717) is 17.3 Å². The van der Waals surface area contributed by atoms with E-state index < -0.39 is 0 Å². The molecule has 0 atom stereocenters. The van der Waals surface area contributed by atoms with Crippen LogP contribution < -0.4 is 20.5 Å². The molecule has 0 aliphatic rings. The van der Waals surface area contributed by atoms with Gasteiger partial charge in [-0.05, 0) is 48.5 Å². The molecule has 3 aromatic rings. The lowest BCUT2D eigenvalue weighted by Gasteiger charge is -2.12. The Hall–Kier alpha value is -3.35. The quantitative estimate of drug-likeness (QED) is 0.743. The molecular weight excluding hydrogens is 311 g/mol. The fourth-order valence-corrected chi connectivity index (χ4v) is 1.99. The Morgan fingerprint density at radius 1 is 0.958 bits per heavy atom. The van der Waals surface area contributed by atoms with Crippen molar-refractivity contribution in [1.82, 2.24) is 9.97 Å². The summed E-state index contributed by atoms with van der Waals surface area (Å²) in [6.45, 7) is 0. The predicted octanol–water partition coefficient (Wildman–Crippen LogP) is 3.74.